The average molecular weight is 530 g/mol. The Kier molecular flexibility index (Phi) is 11.1. The molecule has 39 heavy (non-hydrogen) atoms. The number of piperidine rings is 1. The summed E-state index contributed by atoms with van der Waals surface area (Å²) in [6, 6.07) is 16.6. The molecule has 0 atom stereocenters. The first-order valence-corrected chi connectivity index (χ1v) is 15.2. The second-order valence-electron chi connectivity index (χ2n) is 11.1. The summed E-state index contributed by atoms with van der Waals surface area (Å²) in [6.07, 6.45) is 11.1. The Balaban J connectivity index is 0.000000648. The molecule has 0 radical (unpaired) electrons. The highest BCUT2D eigenvalue weighted by molar-refractivity contribution is 5.94. The molecule has 1 N–H and O–H groups in total. The van der Waals surface area contributed by atoms with Gasteiger partial charge < -0.3 is 10.2 Å². The van der Waals surface area contributed by atoms with E-state index in [-0.39, 0.29) is 11.9 Å². The van der Waals surface area contributed by atoms with E-state index in [1.54, 1.807) is 0 Å². The Bertz CT molecular complexity index is 1180. The van der Waals surface area contributed by atoms with E-state index in [2.05, 4.69) is 65.1 Å². The number of carbonyl (C=O) groups excluding carboxylic acids is 1. The van der Waals surface area contributed by atoms with Gasteiger partial charge in [0.1, 0.15) is 11.5 Å². The van der Waals surface area contributed by atoms with Gasteiger partial charge in [-0.25, -0.2) is 9.97 Å². The van der Waals surface area contributed by atoms with E-state index in [1.807, 2.05) is 24.3 Å². The van der Waals surface area contributed by atoms with E-state index < -0.39 is 0 Å². The van der Waals surface area contributed by atoms with Crippen LogP contribution >= 0.6 is 0 Å². The fourth-order valence-electron chi connectivity index (χ4n) is 5.48. The molecule has 1 aromatic carbocycles. The van der Waals surface area contributed by atoms with Gasteiger partial charge in [0, 0.05) is 38.8 Å². The van der Waals surface area contributed by atoms with Crippen LogP contribution in [0, 0.1) is 6.92 Å². The zero-order valence-electron chi connectivity index (χ0n) is 24.3. The van der Waals surface area contributed by atoms with E-state index in [9.17, 15) is 4.79 Å². The van der Waals surface area contributed by atoms with Crippen molar-refractivity contribution in [3.05, 3.63) is 65.4 Å². The quantitative estimate of drug-likeness (QED) is 0.360. The van der Waals surface area contributed by atoms with Crippen LogP contribution in [0.3, 0.4) is 0 Å². The number of hydrogen-bond acceptors (Lipinski definition) is 5. The average Bonchev–Trinajstić information content (AvgIpc) is 3.25. The molecule has 0 aliphatic carbocycles. The molecule has 2 aliphatic rings. The fraction of sp³-hybridized carbons (Fsp3) is 0.545. The topological polar surface area (TPSA) is 61.4 Å². The monoisotopic (exact) mass is 529 g/mol. The smallest absolute Gasteiger partial charge is 0.270 e. The predicted molar refractivity (Wildman–Crippen MR) is 162 cm³/mol. The van der Waals surface area contributed by atoms with Crippen LogP contribution in [0.25, 0.3) is 11.0 Å². The number of fused-ring (bicyclic) bond motifs is 1. The Labute approximate surface area is 235 Å². The molecule has 0 saturated carbocycles. The number of rotatable bonds is 7. The van der Waals surface area contributed by atoms with Gasteiger partial charge in [-0.2, -0.15) is 0 Å². The highest BCUT2D eigenvalue weighted by Crippen LogP contribution is 2.21. The summed E-state index contributed by atoms with van der Waals surface area (Å²) in [5.41, 5.74) is 4.83. The van der Waals surface area contributed by atoms with Crippen molar-refractivity contribution in [3.63, 3.8) is 0 Å². The van der Waals surface area contributed by atoms with Crippen molar-refractivity contribution in [2.24, 2.45) is 0 Å². The van der Waals surface area contributed by atoms with Gasteiger partial charge in [0.05, 0.1) is 11.0 Å². The maximum absolute atomic E-state index is 12.9. The van der Waals surface area contributed by atoms with Crippen LogP contribution < -0.4 is 10.2 Å². The molecule has 1 amide bonds. The Hall–Kier alpha value is -2.99. The van der Waals surface area contributed by atoms with Gasteiger partial charge >= 0.3 is 0 Å². The Morgan fingerprint density at radius 1 is 0.846 bits per heavy atom. The molecule has 210 valence electrons. The zero-order valence-corrected chi connectivity index (χ0v) is 24.3. The number of nitrogens with one attached hydrogen (secondary N) is 1. The third kappa shape index (κ3) is 8.50. The SMILES string of the molecule is CCCCC.Cc1ccccc1CN1CCC(NC(=O)c2ccc3nc(N4CCCCCC4)ccc3n2)CC1. The summed E-state index contributed by atoms with van der Waals surface area (Å²) in [5, 5.41) is 3.21. The number of nitrogens with zero attached hydrogens (tertiary/aromatic N) is 4. The van der Waals surface area contributed by atoms with E-state index in [4.69, 9.17) is 4.98 Å². The van der Waals surface area contributed by atoms with Gasteiger partial charge in [-0.3, -0.25) is 9.69 Å². The number of benzene rings is 1. The lowest BCUT2D eigenvalue weighted by Crippen LogP contribution is -2.44. The zero-order chi connectivity index (χ0) is 27.5. The first kappa shape index (κ1) is 29.0. The normalized spacial score (nSPS) is 16.8. The van der Waals surface area contributed by atoms with Crippen LogP contribution in [0.1, 0.15) is 93.3 Å². The molecule has 0 bridgehead atoms. The number of likely N-dealkylation sites (tertiary alicyclic amines) is 1. The molecular formula is C33H47N5O. The Morgan fingerprint density at radius 3 is 2.18 bits per heavy atom. The highest BCUT2D eigenvalue weighted by atomic mass is 16.1. The minimum Gasteiger partial charge on any atom is -0.357 e. The number of hydrogen-bond donors (Lipinski definition) is 1. The molecule has 2 aromatic heterocycles. The third-order valence-electron chi connectivity index (χ3n) is 7.98. The molecular weight excluding hydrogens is 482 g/mol. The molecule has 2 saturated heterocycles. The summed E-state index contributed by atoms with van der Waals surface area (Å²) in [5.74, 6) is 0.932. The summed E-state index contributed by atoms with van der Waals surface area (Å²) < 4.78 is 0. The van der Waals surface area contributed by atoms with Crippen LogP contribution in [0.2, 0.25) is 0 Å². The number of unbranched alkanes of at least 4 members (excludes halogenated alkanes) is 2. The van der Waals surface area contributed by atoms with E-state index in [0.717, 1.165) is 62.4 Å². The standard InChI is InChI=1S/C28H35N5O.C5H12/c1-21-8-4-5-9-22(21)20-32-18-14-23(15-19-32)29-28(34)26-11-10-25-24(30-26)12-13-27(31-25)33-16-6-2-3-7-17-33;1-3-5-4-2/h4-5,8-13,23H,2-3,6-7,14-20H2,1H3,(H,29,34);3-5H2,1-2H3. The van der Waals surface area contributed by atoms with Gasteiger partial charge in [0.15, 0.2) is 0 Å². The second-order valence-corrected chi connectivity index (χ2v) is 11.1. The summed E-state index contributed by atoms with van der Waals surface area (Å²) >= 11 is 0. The molecule has 4 heterocycles. The van der Waals surface area contributed by atoms with Gasteiger partial charge in [-0.05, 0) is 68.0 Å². The summed E-state index contributed by atoms with van der Waals surface area (Å²) in [7, 11) is 0. The molecule has 3 aromatic rings. The van der Waals surface area contributed by atoms with Crippen molar-refractivity contribution in [2.75, 3.05) is 31.1 Å². The lowest BCUT2D eigenvalue weighted by Gasteiger charge is -2.32. The van der Waals surface area contributed by atoms with E-state index in [1.165, 1.54) is 56.1 Å². The van der Waals surface area contributed by atoms with E-state index >= 15 is 0 Å². The first-order chi connectivity index (χ1) is 19.1. The minimum absolute atomic E-state index is 0.0872. The van der Waals surface area contributed by atoms with Crippen molar-refractivity contribution < 1.29 is 4.79 Å². The molecule has 0 spiro atoms. The van der Waals surface area contributed by atoms with Crippen LogP contribution in [0.4, 0.5) is 5.82 Å². The number of amides is 1. The molecule has 2 fully saturated rings. The number of pyridine rings is 2. The molecule has 0 unspecified atom stereocenters. The highest BCUT2D eigenvalue weighted by Gasteiger charge is 2.22. The second kappa shape index (κ2) is 15.0. The largest absolute Gasteiger partial charge is 0.357 e. The fourth-order valence-corrected chi connectivity index (χ4v) is 5.48. The maximum Gasteiger partial charge on any atom is 0.270 e. The van der Waals surface area contributed by atoms with Gasteiger partial charge in [0.25, 0.3) is 5.91 Å². The van der Waals surface area contributed by atoms with Crippen molar-refractivity contribution in [1.29, 1.82) is 0 Å². The van der Waals surface area contributed by atoms with E-state index in [0.29, 0.717) is 5.69 Å². The molecule has 6 nitrogen and oxygen atoms in total. The van der Waals surface area contributed by atoms with Crippen LogP contribution in [0.5, 0.6) is 0 Å². The van der Waals surface area contributed by atoms with Gasteiger partial charge in [-0.1, -0.05) is 70.2 Å². The van der Waals surface area contributed by atoms with Crippen molar-refractivity contribution in [2.45, 2.75) is 91.1 Å². The van der Waals surface area contributed by atoms with Crippen molar-refractivity contribution >= 4 is 22.8 Å². The maximum atomic E-state index is 12.9. The third-order valence-corrected chi connectivity index (χ3v) is 7.98. The molecule has 2 aliphatic heterocycles. The molecule has 6 heteroatoms. The van der Waals surface area contributed by atoms with Crippen LogP contribution in [-0.4, -0.2) is 53.0 Å². The predicted octanol–water partition coefficient (Wildman–Crippen LogP) is 6.91. The summed E-state index contributed by atoms with van der Waals surface area (Å²) in [6.45, 7) is 11.7. The van der Waals surface area contributed by atoms with Gasteiger partial charge in [0.2, 0.25) is 0 Å². The van der Waals surface area contributed by atoms with Crippen LogP contribution in [0.15, 0.2) is 48.5 Å². The van der Waals surface area contributed by atoms with Gasteiger partial charge in [-0.15, -0.1) is 0 Å². The van der Waals surface area contributed by atoms with Crippen molar-refractivity contribution in [1.82, 2.24) is 20.2 Å². The Morgan fingerprint density at radius 2 is 1.51 bits per heavy atom. The number of aromatic nitrogens is 2. The minimum atomic E-state index is -0.0872. The number of aryl methyl sites for hydroxylation is 1. The van der Waals surface area contributed by atoms with Crippen molar-refractivity contribution in [3.8, 4) is 0 Å². The number of anilines is 1. The number of carbonyl (C=O) groups is 1. The summed E-state index contributed by atoms with van der Waals surface area (Å²) in [4.78, 5) is 27.2. The molecule has 5 rings (SSSR count). The lowest BCUT2D eigenvalue weighted by atomic mass is 10.0. The lowest BCUT2D eigenvalue weighted by molar-refractivity contribution is 0.0904. The van der Waals surface area contributed by atoms with Crippen LogP contribution in [-0.2, 0) is 6.54 Å². The first-order valence-electron chi connectivity index (χ1n) is 15.2.